The first-order chi connectivity index (χ1) is 7.83. The average Bonchev–Trinajstić information content (AvgIpc) is 2.18. The zero-order valence-corrected chi connectivity index (χ0v) is 9.21. The van der Waals surface area contributed by atoms with Crippen LogP contribution >= 0.6 is 0 Å². The number of alkyl halides is 4. The van der Waals surface area contributed by atoms with E-state index < -0.39 is 19.0 Å². The summed E-state index contributed by atoms with van der Waals surface area (Å²) in [5, 5.41) is 0. The molecule has 0 heterocycles. The summed E-state index contributed by atoms with van der Waals surface area (Å²) in [5.41, 5.74) is 0.572. The van der Waals surface area contributed by atoms with Crippen molar-refractivity contribution in [2.24, 2.45) is 0 Å². The molecule has 1 rings (SSSR count). The summed E-state index contributed by atoms with van der Waals surface area (Å²) in [7, 11) is 3.39. The van der Waals surface area contributed by atoms with Crippen LogP contribution in [0.4, 0.5) is 23.2 Å². The second-order valence-corrected chi connectivity index (χ2v) is 3.33. The lowest BCUT2D eigenvalue weighted by Gasteiger charge is -2.17. The van der Waals surface area contributed by atoms with E-state index in [-0.39, 0.29) is 5.75 Å². The lowest BCUT2D eigenvalue weighted by Crippen LogP contribution is -2.18. The van der Waals surface area contributed by atoms with Crippen molar-refractivity contribution in [2.75, 3.05) is 25.9 Å². The highest BCUT2D eigenvalue weighted by Crippen LogP contribution is 2.35. The first-order valence-corrected chi connectivity index (χ1v) is 4.59. The van der Waals surface area contributed by atoms with Crippen LogP contribution in [0.3, 0.4) is 0 Å². The number of hydrogen-bond acceptors (Lipinski definition) is 3. The van der Waals surface area contributed by atoms with E-state index in [0.717, 1.165) is 6.07 Å². The molecule has 0 saturated carbocycles. The third-order valence-electron chi connectivity index (χ3n) is 1.88. The molecule has 1 aromatic rings. The maximum absolute atomic E-state index is 12.1. The molecule has 7 heteroatoms. The Labute approximate surface area is 95.5 Å². The van der Waals surface area contributed by atoms with Gasteiger partial charge in [-0.05, 0) is 12.1 Å². The van der Waals surface area contributed by atoms with Crippen LogP contribution in [0.1, 0.15) is 0 Å². The summed E-state index contributed by atoms with van der Waals surface area (Å²) < 4.78 is 56.3. The average molecular weight is 253 g/mol. The molecule has 0 spiro atoms. The van der Waals surface area contributed by atoms with E-state index in [2.05, 4.69) is 9.47 Å². The Balaban J connectivity index is 3.04. The van der Waals surface area contributed by atoms with Crippen molar-refractivity contribution < 1.29 is 27.0 Å². The molecule has 0 fully saturated rings. The summed E-state index contributed by atoms with van der Waals surface area (Å²) in [6.45, 7) is -1.23. The van der Waals surface area contributed by atoms with Gasteiger partial charge in [0.15, 0.2) is 11.5 Å². The molecule has 0 amide bonds. The lowest BCUT2D eigenvalue weighted by atomic mass is 10.2. The molecule has 0 atom stereocenters. The fourth-order valence-electron chi connectivity index (χ4n) is 1.16. The van der Waals surface area contributed by atoms with Gasteiger partial charge >= 0.3 is 6.36 Å². The maximum Gasteiger partial charge on any atom is 0.573 e. The van der Waals surface area contributed by atoms with Crippen LogP contribution in [0.25, 0.3) is 0 Å². The second-order valence-electron chi connectivity index (χ2n) is 3.33. The van der Waals surface area contributed by atoms with E-state index in [1.54, 1.807) is 19.0 Å². The van der Waals surface area contributed by atoms with Crippen LogP contribution in [0.2, 0.25) is 0 Å². The van der Waals surface area contributed by atoms with Gasteiger partial charge in [0.2, 0.25) is 6.86 Å². The predicted octanol–water partition coefficient (Wildman–Crippen LogP) is 2.96. The van der Waals surface area contributed by atoms with Gasteiger partial charge in [-0.25, -0.2) is 4.39 Å². The zero-order chi connectivity index (χ0) is 13.1. The number of halogens is 4. The third-order valence-corrected chi connectivity index (χ3v) is 1.88. The molecule has 0 radical (unpaired) electrons. The van der Waals surface area contributed by atoms with Gasteiger partial charge in [0.05, 0.1) is 0 Å². The molecule has 0 aliphatic heterocycles. The van der Waals surface area contributed by atoms with Crippen molar-refractivity contribution >= 4 is 5.69 Å². The number of nitrogens with zero attached hydrogens (tertiary/aromatic N) is 1. The Morgan fingerprint density at radius 2 is 1.82 bits per heavy atom. The van der Waals surface area contributed by atoms with E-state index in [0.29, 0.717) is 5.69 Å². The number of ether oxygens (including phenoxy) is 2. The van der Waals surface area contributed by atoms with Crippen molar-refractivity contribution in [3.05, 3.63) is 18.2 Å². The lowest BCUT2D eigenvalue weighted by molar-refractivity contribution is -0.275. The van der Waals surface area contributed by atoms with Crippen molar-refractivity contribution in [2.45, 2.75) is 6.36 Å². The number of anilines is 1. The van der Waals surface area contributed by atoms with Crippen molar-refractivity contribution in [3.63, 3.8) is 0 Å². The Morgan fingerprint density at radius 3 is 2.29 bits per heavy atom. The van der Waals surface area contributed by atoms with E-state index in [1.807, 2.05) is 0 Å². The normalized spacial score (nSPS) is 11.2. The molecule has 0 saturated heterocycles. The molecule has 0 unspecified atom stereocenters. The van der Waals surface area contributed by atoms with Gasteiger partial charge in [0.25, 0.3) is 0 Å². The SMILES string of the molecule is CN(C)c1ccc(OC(F)(F)F)c(OCF)c1. The highest BCUT2D eigenvalue weighted by atomic mass is 19.4. The smallest absolute Gasteiger partial charge is 0.459 e. The number of benzene rings is 1. The van der Waals surface area contributed by atoms with Gasteiger partial charge in [-0.1, -0.05) is 0 Å². The van der Waals surface area contributed by atoms with Crippen LogP contribution < -0.4 is 14.4 Å². The summed E-state index contributed by atoms with van der Waals surface area (Å²) in [6.07, 6.45) is -4.84. The molecule has 3 nitrogen and oxygen atoms in total. The van der Waals surface area contributed by atoms with Crippen LogP contribution in [0.5, 0.6) is 11.5 Å². The Morgan fingerprint density at radius 1 is 1.18 bits per heavy atom. The number of rotatable bonds is 4. The predicted molar refractivity (Wildman–Crippen MR) is 54.1 cm³/mol. The van der Waals surface area contributed by atoms with Gasteiger partial charge in [-0.15, -0.1) is 13.2 Å². The fraction of sp³-hybridized carbons (Fsp3) is 0.400. The Bertz CT molecular complexity index is 379. The molecule has 0 bridgehead atoms. The number of hydrogen-bond donors (Lipinski definition) is 0. The molecule has 1 aromatic carbocycles. The Hall–Kier alpha value is -1.66. The molecule has 96 valence electrons. The van der Waals surface area contributed by atoms with Crippen LogP contribution in [-0.2, 0) is 0 Å². The fourth-order valence-corrected chi connectivity index (χ4v) is 1.16. The maximum atomic E-state index is 12.1. The molecule has 0 aliphatic rings. The van der Waals surface area contributed by atoms with Gasteiger partial charge in [-0.3, -0.25) is 0 Å². The highest BCUT2D eigenvalue weighted by Gasteiger charge is 2.32. The van der Waals surface area contributed by atoms with Gasteiger partial charge in [0.1, 0.15) is 0 Å². The first-order valence-electron chi connectivity index (χ1n) is 4.59. The summed E-state index contributed by atoms with van der Waals surface area (Å²) >= 11 is 0. The standard InChI is InChI=1S/C10H11F4NO2/c1-15(2)7-3-4-8(17-10(12,13)14)9(5-7)16-6-11/h3-5H,6H2,1-2H3. The van der Waals surface area contributed by atoms with Crippen molar-refractivity contribution in [1.82, 2.24) is 0 Å². The molecule has 0 aliphatic carbocycles. The van der Waals surface area contributed by atoms with Crippen LogP contribution in [-0.4, -0.2) is 27.3 Å². The molecular formula is C10H11F4NO2. The van der Waals surface area contributed by atoms with Gasteiger partial charge in [0, 0.05) is 25.8 Å². The van der Waals surface area contributed by atoms with E-state index in [1.165, 1.54) is 12.1 Å². The van der Waals surface area contributed by atoms with E-state index in [9.17, 15) is 17.6 Å². The summed E-state index contributed by atoms with van der Waals surface area (Å²) in [4.78, 5) is 1.64. The quantitative estimate of drug-likeness (QED) is 0.770. The molecular weight excluding hydrogens is 242 g/mol. The first kappa shape index (κ1) is 13.4. The minimum Gasteiger partial charge on any atom is -0.459 e. The highest BCUT2D eigenvalue weighted by molar-refractivity contribution is 5.55. The molecule has 0 N–H and O–H groups in total. The van der Waals surface area contributed by atoms with E-state index >= 15 is 0 Å². The van der Waals surface area contributed by atoms with Crippen LogP contribution in [0.15, 0.2) is 18.2 Å². The van der Waals surface area contributed by atoms with E-state index in [4.69, 9.17) is 0 Å². The van der Waals surface area contributed by atoms with Crippen molar-refractivity contribution in [1.29, 1.82) is 0 Å². The molecule has 17 heavy (non-hydrogen) atoms. The van der Waals surface area contributed by atoms with Gasteiger partial charge < -0.3 is 14.4 Å². The van der Waals surface area contributed by atoms with Crippen LogP contribution in [0, 0.1) is 0 Å². The third kappa shape index (κ3) is 4.01. The topological polar surface area (TPSA) is 21.7 Å². The van der Waals surface area contributed by atoms with Gasteiger partial charge in [-0.2, -0.15) is 0 Å². The van der Waals surface area contributed by atoms with Crippen molar-refractivity contribution in [3.8, 4) is 11.5 Å². The minimum absolute atomic E-state index is 0.295. The summed E-state index contributed by atoms with van der Waals surface area (Å²) in [5.74, 6) is -0.864. The monoisotopic (exact) mass is 253 g/mol. The Kier molecular flexibility index (Phi) is 4.03. The zero-order valence-electron chi connectivity index (χ0n) is 9.21. The molecule has 0 aromatic heterocycles. The minimum atomic E-state index is -4.84. The largest absolute Gasteiger partial charge is 0.573 e. The second kappa shape index (κ2) is 5.11. The summed E-state index contributed by atoms with van der Waals surface area (Å²) in [6, 6.07) is 3.75.